The molecule has 2 aromatic heterocycles. The van der Waals surface area contributed by atoms with E-state index in [1.807, 2.05) is 54.6 Å². The van der Waals surface area contributed by atoms with Crippen molar-refractivity contribution in [2.24, 2.45) is 4.99 Å². The lowest BCUT2D eigenvalue weighted by atomic mass is 10.0. The van der Waals surface area contributed by atoms with Crippen molar-refractivity contribution in [1.29, 1.82) is 0 Å². The third-order valence-corrected chi connectivity index (χ3v) is 5.17. The van der Waals surface area contributed by atoms with Crippen molar-refractivity contribution in [2.75, 3.05) is 0 Å². The number of imidazole rings is 1. The summed E-state index contributed by atoms with van der Waals surface area (Å²) in [5.41, 5.74) is 4.74. The van der Waals surface area contributed by atoms with E-state index in [0.29, 0.717) is 27.9 Å². The van der Waals surface area contributed by atoms with E-state index in [9.17, 15) is 15.2 Å². The van der Waals surface area contributed by atoms with Crippen molar-refractivity contribution in [2.45, 2.75) is 0 Å². The molecule has 0 radical (unpaired) electrons. The van der Waals surface area contributed by atoms with Crippen LogP contribution in [0.5, 0.6) is 5.88 Å². The number of hydrogen-bond donors (Lipinski definition) is 3. The van der Waals surface area contributed by atoms with Crippen molar-refractivity contribution in [3.05, 3.63) is 107 Å². The highest BCUT2D eigenvalue weighted by atomic mass is 16.6. The van der Waals surface area contributed by atoms with E-state index in [1.54, 1.807) is 18.6 Å². The number of H-pyrrole nitrogens is 2. The second-order valence-electron chi connectivity index (χ2n) is 7.17. The summed E-state index contributed by atoms with van der Waals surface area (Å²) >= 11 is 0. The first-order chi connectivity index (χ1) is 15.6. The third kappa shape index (κ3) is 3.50. The Kier molecular flexibility index (Phi) is 4.72. The van der Waals surface area contributed by atoms with Gasteiger partial charge >= 0.3 is 0 Å². The number of nitrogens with zero attached hydrogens (tertiary/aromatic N) is 3. The Morgan fingerprint density at radius 2 is 1.81 bits per heavy atom. The quantitative estimate of drug-likeness (QED) is 0.201. The van der Waals surface area contributed by atoms with Crippen LogP contribution in [0.15, 0.2) is 90.3 Å². The molecule has 0 aliphatic rings. The van der Waals surface area contributed by atoms with Gasteiger partial charge in [-0.05, 0) is 23.8 Å². The highest BCUT2D eigenvalue weighted by Gasteiger charge is 2.20. The molecular weight excluding hydrogens is 406 g/mol. The normalized spacial score (nSPS) is 11.7. The van der Waals surface area contributed by atoms with Crippen LogP contribution in [-0.2, 0) is 0 Å². The summed E-state index contributed by atoms with van der Waals surface area (Å²) in [6.07, 6.45) is 3.36. The van der Waals surface area contributed by atoms with Crippen molar-refractivity contribution in [3.8, 4) is 17.1 Å². The number of benzene rings is 3. The number of rotatable bonds is 5. The molecule has 0 fully saturated rings. The van der Waals surface area contributed by atoms with Crippen molar-refractivity contribution < 1.29 is 10.0 Å². The average molecular weight is 423 g/mol. The van der Waals surface area contributed by atoms with Gasteiger partial charge in [-0.2, -0.15) is 0 Å². The molecule has 0 aliphatic carbocycles. The number of aromatic hydroxyl groups is 1. The number of nitro groups is 1. The molecule has 3 aromatic carbocycles. The summed E-state index contributed by atoms with van der Waals surface area (Å²) in [4.78, 5) is 25.7. The molecule has 8 nitrogen and oxygen atoms in total. The first kappa shape index (κ1) is 19.3. The highest BCUT2D eigenvalue weighted by Crippen LogP contribution is 2.33. The first-order valence-corrected chi connectivity index (χ1v) is 9.82. The predicted octanol–water partition coefficient (Wildman–Crippen LogP) is 5.34. The van der Waals surface area contributed by atoms with E-state index in [-0.39, 0.29) is 11.6 Å². The average Bonchev–Trinajstić information content (AvgIpc) is 3.46. The molecule has 8 heteroatoms. The Morgan fingerprint density at radius 3 is 2.50 bits per heavy atom. The molecule has 32 heavy (non-hydrogen) atoms. The number of non-ortho nitro benzene ring substituents is 1. The first-order valence-electron chi connectivity index (χ1n) is 9.82. The molecule has 0 atom stereocenters. The van der Waals surface area contributed by atoms with E-state index in [0.717, 1.165) is 16.8 Å². The van der Waals surface area contributed by atoms with Gasteiger partial charge in [0.15, 0.2) is 5.88 Å². The zero-order valence-corrected chi connectivity index (χ0v) is 16.7. The minimum atomic E-state index is -0.458. The van der Waals surface area contributed by atoms with Crippen LogP contribution in [0, 0.1) is 10.1 Å². The van der Waals surface area contributed by atoms with Crippen LogP contribution in [0.4, 0.5) is 11.4 Å². The Hall–Kier alpha value is -4.72. The molecule has 156 valence electrons. The van der Waals surface area contributed by atoms with Gasteiger partial charge in [0.05, 0.1) is 40.1 Å². The Balaban J connectivity index is 1.68. The fourth-order valence-corrected chi connectivity index (χ4v) is 3.64. The van der Waals surface area contributed by atoms with Crippen LogP contribution in [0.3, 0.4) is 0 Å². The number of aromatic amines is 2. The van der Waals surface area contributed by atoms with E-state index in [1.165, 1.54) is 12.1 Å². The number of nitro benzene ring substituents is 1. The molecule has 3 N–H and O–H groups in total. The number of aliphatic imine (C=N–C) groups is 1. The molecule has 0 bridgehead atoms. The highest BCUT2D eigenvalue weighted by molar-refractivity contribution is 6.22. The summed E-state index contributed by atoms with van der Waals surface area (Å²) < 4.78 is 0. The molecule has 0 amide bonds. The smallest absolute Gasteiger partial charge is 0.270 e. The van der Waals surface area contributed by atoms with Gasteiger partial charge in [0.1, 0.15) is 0 Å². The molecular formula is C24H17N5O3. The molecule has 0 saturated heterocycles. The second kappa shape index (κ2) is 7.84. The zero-order chi connectivity index (χ0) is 22.1. The van der Waals surface area contributed by atoms with Crippen molar-refractivity contribution >= 4 is 28.0 Å². The second-order valence-corrected chi connectivity index (χ2v) is 7.17. The molecule has 5 rings (SSSR count). The van der Waals surface area contributed by atoms with Gasteiger partial charge in [0.25, 0.3) is 5.69 Å². The monoisotopic (exact) mass is 423 g/mol. The lowest BCUT2D eigenvalue weighted by Gasteiger charge is -2.08. The molecule has 0 saturated carbocycles. The Bertz CT molecular complexity index is 1440. The van der Waals surface area contributed by atoms with Gasteiger partial charge in [-0.3, -0.25) is 10.1 Å². The maximum absolute atomic E-state index is 11.3. The summed E-state index contributed by atoms with van der Waals surface area (Å²) in [5, 5.41) is 22.6. The fourth-order valence-electron chi connectivity index (χ4n) is 3.64. The summed E-state index contributed by atoms with van der Waals surface area (Å²) in [7, 11) is 0. The standard InChI is InChI=1S/C24H17N5O3/c30-24-22(19-12-18(29(31)32)10-11-20(19)28-24)23(16-4-2-1-3-5-16)27-17-8-6-15(7-9-17)21-13-25-14-26-21/h1-14,28,30H,(H,25,26). The minimum Gasteiger partial charge on any atom is -0.494 e. The topological polar surface area (TPSA) is 120 Å². The Morgan fingerprint density at radius 1 is 1.03 bits per heavy atom. The number of nitrogens with one attached hydrogen (secondary N) is 2. The molecule has 2 heterocycles. The summed E-state index contributed by atoms with van der Waals surface area (Å²) in [6.45, 7) is 0. The maximum atomic E-state index is 11.3. The third-order valence-electron chi connectivity index (χ3n) is 5.17. The van der Waals surface area contributed by atoms with Crippen LogP contribution in [0.2, 0.25) is 0 Å². The van der Waals surface area contributed by atoms with E-state index in [4.69, 9.17) is 4.99 Å². The lowest BCUT2D eigenvalue weighted by Crippen LogP contribution is -2.03. The molecule has 0 unspecified atom stereocenters. The summed E-state index contributed by atoms with van der Waals surface area (Å²) in [6, 6.07) is 21.4. The van der Waals surface area contributed by atoms with Crippen LogP contribution in [-0.4, -0.2) is 30.7 Å². The van der Waals surface area contributed by atoms with E-state index < -0.39 is 4.92 Å². The number of aromatic nitrogens is 3. The largest absolute Gasteiger partial charge is 0.494 e. The van der Waals surface area contributed by atoms with Gasteiger partial charge in [0.2, 0.25) is 0 Å². The zero-order valence-electron chi connectivity index (χ0n) is 16.7. The van der Waals surface area contributed by atoms with E-state index in [2.05, 4.69) is 15.0 Å². The number of hydrogen-bond acceptors (Lipinski definition) is 5. The van der Waals surface area contributed by atoms with Gasteiger partial charge in [-0.15, -0.1) is 0 Å². The number of fused-ring (bicyclic) bond motifs is 1. The Labute approximate surface area is 182 Å². The van der Waals surface area contributed by atoms with Gasteiger partial charge in [0, 0.05) is 28.6 Å². The molecule has 0 aliphatic heterocycles. The van der Waals surface area contributed by atoms with Crippen LogP contribution in [0.25, 0.3) is 22.2 Å². The minimum absolute atomic E-state index is 0.0610. The van der Waals surface area contributed by atoms with Crippen LogP contribution < -0.4 is 0 Å². The van der Waals surface area contributed by atoms with Crippen molar-refractivity contribution in [1.82, 2.24) is 15.0 Å². The predicted molar refractivity (Wildman–Crippen MR) is 122 cm³/mol. The van der Waals surface area contributed by atoms with Gasteiger partial charge in [-0.25, -0.2) is 9.98 Å². The van der Waals surface area contributed by atoms with Crippen LogP contribution in [0.1, 0.15) is 11.1 Å². The van der Waals surface area contributed by atoms with E-state index >= 15 is 0 Å². The maximum Gasteiger partial charge on any atom is 0.270 e. The summed E-state index contributed by atoms with van der Waals surface area (Å²) in [5.74, 6) is -0.0998. The van der Waals surface area contributed by atoms with Crippen LogP contribution >= 0.6 is 0 Å². The SMILES string of the molecule is O=[N+]([O-])c1ccc2[nH]c(O)c(C(=Nc3ccc(-c4cnc[nH]4)cc3)c3ccccc3)c2c1. The van der Waals surface area contributed by atoms with Gasteiger partial charge < -0.3 is 15.1 Å². The van der Waals surface area contributed by atoms with Crippen molar-refractivity contribution in [3.63, 3.8) is 0 Å². The molecule has 5 aromatic rings. The lowest BCUT2D eigenvalue weighted by molar-refractivity contribution is -0.384. The fraction of sp³-hybridized carbons (Fsp3) is 0. The molecule has 0 spiro atoms. The van der Waals surface area contributed by atoms with Gasteiger partial charge in [-0.1, -0.05) is 42.5 Å².